The average molecular weight is 492 g/mol. The molecule has 2 aromatic heterocycles. The van der Waals surface area contributed by atoms with E-state index in [0.29, 0.717) is 17.8 Å². The molecule has 0 saturated carbocycles. The molecule has 1 atom stereocenters. The molecule has 4 heteroatoms. The van der Waals surface area contributed by atoms with Crippen molar-refractivity contribution in [3.63, 3.8) is 0 Å². The van der Waals surface area contributed by atoms with Crippen LogP contribution in [-0.4, -0.2) is 23.1 Å². The number of benzene rings is 2. The molecule has 0 amide bonds. The number of pyridine rings is 1. The van der Waals surface area contributed by atoms with Crippen LogP contribution < -0.4 is 3.88 Å². The molecule has 0 spiro atoms. The molecule has 0 N–H and O–H groups in total. The summed E-state index contributed by atoms with van der Waals surface area (Å²) in [6.07, 6.45) is 2.28. The van der Waals surface area contributed by atoms with Crippen LogP contribution in [0.3, 0.4) is 0 Å². The third-order valence-electron chi connectivity index (χ3n) is 7.69. The van der Waals surface area contributed by atoms with Crippen molar-refractivity contribution in [1.82, 2.24) is 8.53 Å². The molecule has 3 heterocycles. The Morgan fingerprint density at radius 3 is 1.97 bits per heavy atom. The fourth-order valence-electron chi connectivity index (χ4n) is 5.90. The molecule has 5 rings (SSSR count). The number of rotatable bonds is 5. The first kappa shape index (κ1) is 24.9. The highest BCUT2D eigenvalue weighted by atomic mass is 27.2. The lowest BCUT2D eigenvalue weighted by Crippen LogP contribution is -2.48. The largest absolute Gasteiger partial charge is 0.575 e. The van der Waals surface area contributed by atoms with Gasteiger partial charge in [0, 0.05) is 11.4 Å². The van der Waals surface area contributed by atoms with Crippen LogP contribution in [0.1, 0.15) is 93.3 Å². The fraction of sp³-hybridized carbons (Fsp3) is 0.344. The van der Waals surface area contributed by atoms with Crippen LogP contribution in [0.2, 0.25) is 5.79 Å². The lowest BCUT2D eigenvalue weighted by atomic mass is 9.88. The van der Waals surface area contributed by atoms with E-state index >= 15 is 0 Å². The van der Waals surface area contributed by atoms with Crippen LogP contribution in [0.4, 0.5) is 5.69 Å². The zero-order valence-electron chi connectivity index (χ0n) is 22.7. The number of anilines is 1. The molecule has 36 heavy (non-hydrogen) atoms. The van der Waals surface area contributed by atoms with E-state index in [9.17, 15) is 0 Å². The van der Waals surface area contributed by atoms with E-state index in [0.717, 1.165) is 11.4 Å². The van der Waals surface area contributed by atoms with Crippen molar-refractivity contribution >= 4 is 20.3 Å². The molecule has 1 aliphatic heterocycles. The van der Waals surface area contributed by atoms with Gasteiger partial charge < -0.3 is 7.43 Å². The van der Waals surface area contributed by atoms with E-state index in [2.05, 4.69) is 134 Å². The van der Waals surface area contributed by atoms with Gasteiger partial charge in [-0.25, -0.2) is 4.98 Å². The van der Waals surface area contributed by atoms with E-state index in [4.69, 9.17) is 4.98 Å². The monoisotopic (exact) mass is 491 g/mol. The number of para-hydroxylation sites is 1. The van der Waals surface area contributed by atoms with Crippen molar-refractivity contribution < 1.29 is 0 Å². The van der Waals surface area contributed by atoms with Crippen molar-refractivity contribution in [3.8, 4) is 11.4 Å². The van der Waals surface area contributed by atoms with Gasteiger partial charge in [-0.3, -0.25) is 0 Å². The summed E-state index contributed by atoms with van der Waals surface area (Å²) in [5.74, 6) is 3.77. The van der Waals surface area contributed by atoms with E-state index in [1.54, 1.807) is 0 Å². The summed E-state index contributed by atoms with van der Waals surface area (Å²) < 4.78 is 5.35. The zero-order chi connectivity index (χ0) is 25.6. The van der Waals surface area contributed by atoms with Gasteiger partial charge in [0.05, 0.1) is 17.4 Å². The van der Waals surface area contributed by atoms with Crippen molar-refractivity contribution in [1.29, 1.82) is 0 Å². The van der Waals surface area contributed by atoms with Gasteiger partial charge >= 0.3 is 14.6 Å². The van der Waals surface area contributed by atoms with E-state index in [-0.39, 0.29) is 6.04 Å². The molecule has 2 bridgehead atoms. The molecule has 0 fully saturated rings. The second-order valence-corrected chi connectivity index (χ2v) is 13.4. The van der Waals surface area contributed by atoms with Crippen molar-refractivity contribution in [2.45, 2.75) is 71.1 Å². The Bertz CT molecular complexity index is 1340. The summed E-state index contributed by atoms with van der Waals surface area (Å²) in [7, 11) is 0. The first-order valence-electron chi connectivity index (χ1n) is 13.4. The quantitative estimate of drug-likeness (QED) is 0.261. The van der Waals surface area contributed by atoms with Crippen molar-refractivity contribution in [2.75, 3.05) is 3.88 Å². The Labute approximate surface area is 221 Å². The molecule has 1 unspecified atom stereocenters. The van der Waals surface area contributed by atoms with Gasteiger partial charge in [0.25, 0.3) is 0 Å². The highest BCUT2D eigenvalue weighted by molar-refractivity contribution is 6.61. The van der Waals surface area contributed by atoms with Gasteiger partial charge in [-0.05, 0) is 70.5 Å². The van der Waals surface area contributed by atoms with Crippen molar-refractivity contribution in [3.05, 3.63) is 107 Å². The number of fused-ring (bicyclic) bond motifs is 4. The Hall–Kier alpha value is -2.80. The number of nitrogens with zero attached hydrogens (tertiary/aromatic N) is 3. The fourth-order valence-corrected chi connectivity index (χ4v) is 8.55. The maximum Gasteiger partial charge on any atom is 0.575 e. The average Bonchev–Trinajstić information content (AvgIpc) is 3.36. The lowest BCUT2D eigenvalue weighted by molar-refractivity contribution is 0.738. The van der Waals surface area contributed by atoms with Gasteiger partial charge in [-0.15, -0.1) is 0 Å². The molecule has 0 radical (unpaired) electrons. The van der Waals surface area contributed by atoms with Crippen LogP contribution in [0.25, 0.3) is 11.4 Å². The second-order valence-electron chi connectivity index (χ2n) is 11.1. The standard InChI is InChI=1S/C31H35N3.CH3.Al/c1-20(2)23-12-7-8-13-26(23)31(29-17-10-16-28(33-29)27-18-11-19-32-27)34-30-24(21(3)4)14-9-15-25(30)22(5)6;;/h7-22,31H,1-6H3;1H3;/q-2;;+2. The maximum atomic E-state index is 5.32. The Kier molecular flexibility index (Phi) is 6.86. The first-order chi connectivity index (χ1) is 17.3. The summed E-state index contributed by atoms with van der Waals surface area (Å²) in [6, 6.07) is 27.0. The smallest absolute Gasteiger partial charge is 0.433 e. The molecule has 0 saturated heterocycles. The molecule has 4 aromatic rings. The van der Waals surface area contributed by atoms with Crippen LogP contribution in [0.15, 0.2) is 79.0 Å². The van der Waals surface area contributed by atoms with Crippen LogP contribution in [-0.2, 0) is 0 Å². The predicted molar refractivity (Wildman–Crippen MR) is 154 cm³/mol. The van der Waals surface area contributed by atoms with Gasteiger partial charge in [-0.2, -0.15) is 0 Å². The topological polar surface area (TPSA) is 21.1 Å². The molecule has 184 valence electrons. The van der Waals surface area contributed by atoms with Gasteiger partial charge in [0.1, 0.15) is 0 Å². The van der Waals surface area contributed by atoms with Gasteiger partial charge in [0.15, 0.2) is 0 Å². The summed E-state index contributed by atoms with van der Waals surface area (Å²) in [6.45, 7) is 13.9. The maximum absolute atomic E-state index is 5.32. The van der Waals surface area contributed by atoms with Crippen LogP contribution >= 0.6 is 0 Å². The molecule has 1 aliphatic rings. The lowest BCUT2D eigenvalue weighted by Gasteiger charge is -2.43. The second kappa shape index (κ2) is 9.93. The third-order valence-corrected chi connectivity index (χ3v) is 10.3. The zero-order valence-corrected chi connectivity index (χ0v) is 23.9. The summed E-state index contributed by atoms with van der Waals surface area (Å²) in [4.78, 5) is 5.32. The molecule has 2 aromatic carbocycles. The Morgan fingerprint density at radius 1 is 0.694 bits per heavy atom. The van der Waals surface area contributed by atoms with Crippen molar-refractivity contribution in [2.24, 2.45) is 0 Å². The highest BCUT2D eigenvalue weighted by Gasteiger charge is 2.40. The summed E-state index contributed by atoms with van der Waals surface area (Å²) in [5.41, 5.74) is 10.5. The Balaban J connectivity index is 1.90. The summed E-state index contributed by atoms with van der Waals surface area (Å²) in [5, 5.41) is 0. The third kappa shape index (κ3) is 4.21. The highest BCUT2D eigenvalue weighted by Crippen LogP contribution is 2.45. The normalized spacial score (nSPS) is 15.4. The molecule has 3 nitrogen and oxygen atoms in total. The number of hydrogen-bond donors (Lipinski definition) is 0. The molecular weight excluding hydrogens is 453 g/mol. The van der Waals surface area contributed by atoms with Gasteiger partial charge in [0.2, 0.25) is 0 Å². The predicted octanol–water partition coefficient (Wildman–Crippen LogP) is 8.50. The molecular formula is C32H38AlN3. The first-order valence-corrected chi connectivity index (χ1v) is 15.6. The van der Waals surface area contributed by atoms with Gasteiger partial charge in [-0.1, -0.05) is 95.9 Å². The number of aromatic nitrogens is 2. The SMILES string of the molecule is CC(C)c1ccccc1C1c2cccc(n2)-c2ccc[n]2[Al]([CH3])[N]1c1c(C(C)C)cccc1C(C)C. The van der Waals surface area contributed by atoms with Crippen LogP contribution in [0, 0.1) is 0 Å². The minimum Gasteiger partial charge on any atom is -0.433 e. The van der Waals surface area contributed by atoms with E-state index < -0.39 is 14.6 Å². The van der Waals surface area contributed by atoms with E-state index in [1.807, 2.05) is 0 Å². The number of hydrogen-bond acceptors (Lipinski definition) is 2. The van der Waals surface area contributed by atoms with Crippen LogP contribution in [0.5, 0.6) is 0 Å². The Morgan fingerprint density at radius 2 is 1.31 bits per heavy atom. The minimum absolute atomic E-state index is 0.0539. The summed E-state index contributed by atoms with van der Waals surface area (Å²) >= 11 is -1.74. The minimum atomic E-state index is -1.74. The molecule has 0 aliphatic carbocycles. The van der Waals surface area contributed by atoms with E-state index in [1.165, 1.54) is 33.6 Å².